The molecule has 0 heteroatoms. The molecule has 0 radical (unpaired) electrons. The fraction of sp³-hybridized carbons (Fsp3) is 0.111. The SMILES string of the molecule is C=C=CC=CC=C=CC. The maximum absolute atomic E-state index is 3.40. The molecule has 0 N–H and O–H groups in total. The van der Waals surface area contributed by atoms with Crippen LogP contribution in [-0.2, 0) is 0 Å². The van der Waals surface area contributed by atoms with Crippen molar-refractivity contribution in [3.05, 3.63) is 48.4 Å². The van der Waals surface area contributed by atoms with E-state index in [9.17, 15) is 0 Å². The summed E-state index contributed by atoms with van der Waals surface area (Å²) in [6.45, 7) is 5.33. The van der Waals surface area contributed by atoms with E-state index in [0.717, 1.165) is 0 Å². The van der Waals surface area contributed by atoms with Crippen molar-refractivity contribution in [1.82, 2.24) is 0 Å². The first kappa shape index (κ1) is 7.78. The summed E-state index contributed by atoms with van der Waals surface area (Å²) in [4.78, 5) is 0. The summed E-state index contributed by atoms with van der Waals surface area (Å²) in [5.41, 5.74) is 5.53. The Morgan fingerprint density at radius 1 is 1.22 bits per heavy atom. The lowest BCUT2D eigenvalue weighted by atomic mass is 10.4. The fourth-order valence-electron chi connectivity index (χ4n) is 0.331. The van der Waals surface area contributed by atoms with E-state index in [-0.39, 0.29) is 0 Å². The Morgan fingerprint density at radius 3 is 2.44 bits per heavy atom. The quantitative estimate of drug-likeness (QED) is 0.386. The van der Waals surface area contributed by atoms with Crippen LogP contribution in [0, 0.1) is 0 Å². The lowest BCUT2D eigenvalue weighted by molar-refractivity contribution is 1.76. The minimum absolute atomic E-state index is 1.74. The van der Waals surface area contributed by atoms with Crippen LogP contribution in [-0.4, -0.2) is 0 Å². The van der Waals surface area contributed by atoms with Crippen molar-refractivity contribution < 1.29 is 0 Å². The number of allylic oxidation sites excluding steroid dienone is 4. The number of hydrogen-bond acceptors (Lipinski definition) is 0. The summed E-state index contributed by atoms with van der Waals surface area (Å²) >= 11 is 0. The highest BCUT2D eigenvalue weighted by Crippen LogP contribution is 1.74. The second kappa shape index (κ2) is 6.78. The molecule has 0 aliphatic rings. The minimum atomic E-state index is 1.74. The summed E-state index contributed by atoms with van der Waals surface area (Å²) in [7, 11) is 0. The molecule has 0 amide bonds. The summed E-state index contributed by atoms with van der Waals surface area (Å²) in [5, 5.41) is 0. The lowest BCUT2D eigenvalue weighted by Gasteiger charge is -1.63. The Labute approximate surface area is 56.2 Å². The zero-order chi connectivity index (χ0) is 6.95. The van der Waals surface area contributed by atoms with Crippen molar-refractivity contribution in [2.24, 2.45) is 0 Å². The molecule has 0 saturated carbocycles. The molecule has 0 nitrogen and oxygen atoms in total. The molecule has 0 atom stereocenters. The smallest absolute Gasteiger partial charge is 0.0203 e. The van der Waals surface area contributed by atoms with Crippen LogP contribution < -0.4 is 0 Å². The predicted molar refractivity (Wildman–Crippen MR) is 41.2 cm³/mol. The third kappa shape index (κ3) is 6.78. The molecule has 0 aromatic carbocycles. The van der Waals surface area contributed by atoms with Crippen LogP contribution in [0.5, 0.6) is 0 Å². The van der Waals surface area contributed by atoms with E-state index in [1.807, 2.05) is 31.2 Å². The highest BCUT2D eigenvalue weighted by molar-refractivity contribution is 5.09. The predicted octanol–water partition coefficient (Wildman–Crippen LogP) is 2.61. The van der Waals surface area contributed by atoms with E-state index in [0.29, 0.717) is 0 Å². The third-order valence-electron chi connectivity index (χ3n) is 0.684. The van der Waals surface area contributed by atoms with Crippen LogP contribution in [0.1, 0.15) is 6.92 Å². The van der Waals surface area contributed by atoms with E-state index in [2.05, 4.69) is 18.0 Å². The van der Waals surface area contributed by atoms with Gasteiger partial charge in [0, 0.05) is 0 Å². The van der Waals surface area contributed by atoms with E-state index >= 15 is 0 Å². The van der Waals surface area contributed by atoms with Crippen molar-refractivity contribution >= 4 is 0 Å². The molecular weight excluding hydrogens is 108 g/mol. The van der Waals surface area contributed by atoms with E-state index in [1.165, 1.54) is 0 Å². The van der Waals surface area contributed by atoms with E-state index in [4.69, 9.17) is 0 Å². The van der Waals surface area contributed by atoms with Crippen molar-refractivity contribution in [2.45, 2.75) is 6.92 Å². The van der Waals surface area contributed by atoms with Gasteiger partial charge in [-0.2, -0.15) is 0 Å². The maximum Gasteiger partial charge on any atom is -0.0203 e. The summed E-state index contributed by atoms with van der Waals surface area (Å²) < 4.78 is 0. The van der Waals surface area contributed by atoms with Gasteiger partial charge in [-0.15, -0.1) is 11.5 Å². The largest absolute Gasteiger partial charge is 0.129 e. The molecule has 0 aromatic heterocycles. The van der Waals surface area contributed by atoms with Crippen molar-refractivity contribution in [1.29, 1.82) is 0 Å². The van der Waals surface area contributed by atoms with Crippen LogP contribution >= 0.6 is 0 Å². The van der Waals surface area contributed by atoms with Gasteiger partial charge in [-0.3, -0.25) is 0 Å². The van der Waals surface area contributed by atoms with Gasteiger partial charge < -0.3 is 0 Å². The van der Waals surface area contributed by atoms with Gasteiger partial charge in [-0.25, -0.2) is 0 Å². The van der Waals surface area contributed by atoms with Gasteiger partial charge >= 0.3 is 0 Å². The molecular formula is C9H10. The Hall–Kier alpha value is -1.22. The molecule has 0 unspecified atom stereocenters. The molecule has 0 aliphatic carbocycles. The number of rotatable bonds is 2. The van der Waals surface area contributed by atoms with E-state index in [1.54, 1.807) is 6.08 Å². The second-order valence-corrected chi connectivity index (χ2v) is 1.38. The minimum Gasteiger partial charge on any atom is -0.129 e. The Bertz CT molecular complexity index is 182. The summed E-state index contributed by atoms with van der Waals surface area (Å²) in [6, 6.07) is 0. The zero-order valence-electron chi connectivity index (χ0n) is 5.59. The molecule has 46 valence electrons. The van der Waals surface area contributed by atoms with Crippen LogP contribution in [0.15, 0.2) is 48.4 Å². The Morgan fingerprint density at radius 2 is 1.89 bits per heavy atom. The Kier molecular flexibility index (Phi) is 5.86. The highest BCUT2D eigenvalue weighted by atomic mass is 13.6. The van der Waals surface area contributed by atoms with Crippen LogP contribution in [0.25, 0.3) is 0 Å². The highest BCUT2D eigenvalue weighted by Gasteiger charge is 1.53. The Balaban J connectivity index is 3.73. The lowest BCUT2D eigenvalue weighted by Crippen LogP contribution is -1.43. The molecule has 0 rings (SSSR count). The van der Waals surface area contributed by atoms with Crippen LogP contribution in [0.2, 0.25) is 0 Å². The molecule has 0 heterocycles. The van der Waals surface area contributed by atoms with Crippen LogP contribution in [0.3, 0.4) is 0 Å². The van der Waals surface area contributed by atoms with Gasteiger partial charge in [0.2, 0.25) is 0 Å². The molecule has 0 bridgehead atoms. The average Bonchev–Trinajstić information content (AvgIpc) is 1.89. The van der Waals surface area contributed by atoms with Crippen molar-refractivity contribution in [3.8, 4) is 0 Å². The monoisotopic (exact) mass is 118 g/mol. The molecule has 0 spiro atoms. The fourth-order valence-corrected chi connectivity index (χ4v) is 0.331. The van der Waals surface area contributed by atoms with Gasteiger partial charge in [-0.05, 0) is 25.2 Å². The van der Waals surface area contributed by atoms with Crippen molar-refractivity contribution in [2.75, 3.05) is 0 Å². The molecule has 0 aromatic rings. The average molecular weight is 118 g/mol. The first-order chi connectivity index (χ1) is 4.41. The van der Waals surface area contributed by atoms with Gasteiger partial charge in [-0.1, -0.05) is 18.7 Å². The standard InChI is InChI=1S/C9H10/c1-3-5-7-9-8-6-4-2/h4-5,7-9H,1H2,2H3. The number of hydrogen-bond donors (Lipinski definition) is 0. The van der Waals surface area contributed by atoms with E-state index < -0.39 is 0 Å². The topological polar surface area (TPSA) is 0 Å². The van der Waals surface area contributed by atoms with Gasteiger partial charge in [0.05, 0.1) is 0 Å². The van der Waals surface area contributed by atoms with Gasteiger partial charge in [0.15, 0.2) is 0 Å². The van der Waals surface area contributed by atoms with Crippen LogP contribution in [0.4, 0.5) is 0 Å². The third-order valence-corrected chi connectivity index (χ3v) is 0.684. The molecule has 0 saturated heterocycles. The molecule has 9 heavy (non-hydrogen) atoms. The van der Waals surface area contributed by atoms with Gasteiger partial charge in [0.1, 0.15) is 0 Å². The first-order valence-corrected chi connectivity index (χ1v) is 2.80. The summed E-state index contributed by atoms with van der Waals surface area (Å²) in [5.74, 6) is 0. The maximum atomic E-state index is 3.40. The second-order valence-electron chi connectivity index (χ2n) is 1.38. The van der Waals surface area contributed by atoms with Gasteiger partial charge in [0.25, 0.3) is 0 Å². The summed E-state index contributed by atoms with van der Waals surface area (Å²) in [6.07, 6.45) is 9.14. The molecule has 0 aliphatic heterocycles. The zero-order valence-corrected chi connectivity index (χ0v) is 5.59. The first-order valence-electron chi connectivity index (χ1n) is 2.80. The normalized spacial score (nSPS) is 7.67. The van der Waals surface area contributed by atoms with Crippen molar-refractivity contribution in [3.63, 3.8) is 0 Å². The molecule has 0 fully saturated rings.